The molecule has 0 saturated carbocycles. The van der Waals surface area contributed by atoms with Gasteiger partial charge < -0.3 is 14.8 Å². The number of nitrogens with one attached hydrogen (secondary N) is 1. The van der Waals surface area contributed by atoms with E-state index in [9.17, 15) is 9.59 Å². The van der Waals surface area contributed by atoms with Crippen molar-refractivity contribution in [2.75, 3.05) is 14.2 Å². The van der Waals surface area contributed by atoms with Crippen molar-refractivity contribution in [1.82, 2.24) is 15.1 Å². The zero-order valence-corrected chi connectivity index (χ0v) is 14.6. The van der Waals surface area contributed by atoms with Crippen molar-refractivity contribution in [2.24, 2.45) is 0 Å². The van der Waals surface area contributed by atoms with E-state index in [-0.39, 0.29) is 24.6 Å². The lowest BCUT2D eigenvalue weighted by molar-refractivity contribution is -0.122. The highest BCUT2D eigenvalue weighted by molar-refractivity contribution is 5.81. The Hall–Kier alpha value is -3.35. The van der Waals surface area contributed by atoms with Crippen LogP contribution in [0.4, 0.5) is 0 Å². The van der Waals surface area contributed by atoms with Gasteiger partial charge in [0.1, 0.15) is 18.0 Å². The lowest BCUT2D eigenvalue weighted by atomic mass is 10.2. The average Bonchev–Trinajstić information content (AvgIpc) is 2.68. The van der Waals surface area contributed by atoms with Gasteiger partial charge in [-0.2, -0.15) is 5.10 Å². The highest BCUT2D eigenvalue weighted by atomic mass is 16.5. The van der Waals surface area contributed by atoms with Gasteiger partial charge in [-0.25, -0.2) is 4.68 Å². The van der Waals surface area contributed by atoms with Crippen molar-refractivity contribution < 1.29 is 14.3 Å². The van der Waals surface area contributed by atoms with Crippen LogP contribution in [0.15, 0.2) is 53.5 Å². The molecule has 0 atom stereocenters. The summed E-state index contributed by atoms with van der Waals surface area (Å²) in [5.41, 5.74) is 0.537. The number of carbonyl (C=O) groups is 1. The number of ether oxygens (including phenoxy) is 2. The highest BCUT2D eigenvalue weighted by Crippen LogP contribution is 2.22. The van der Waals surface area contributed by atoms with Gasteiger partial charge in [-0.1, -0.05) is 18.2 Å². The molecule has 26 heavy (non-hydrogen) atoms. The number of aromatic nitrogens is 2. The van der Waals surface area contributed by atoms with E-state index in [0.717, 1.165) is 15.6 Å². The Morgan fingerprint density at radius 3 is 2.50 bits per heavy atom. The number of benzene rings is 2. The molecule has 2 aromatic carbocycles. The molecule has 0 aliphatic rings. The van der Waals surface area contributed by atoms with Gasteiger partial charge in [0, 0.05) is 18.0 Å². The quantitative estimate of drug-likeness (QED) is 0.730. The minimum Gasteiger partial charge on any atom is -0.497 e. The molecule has 7 nitrogen and oxygen atoms in total. The zero-order chi connectivity index (χ0) is 18.5. The fourth-order valence-corrected chi connectivity index (χ4v) is 2.60. The average molecular weight is 353 g/mol. The van der Waals surface area contributed by atoms with E-state index in [1.807, 2.05) is 24.3 Å². The molecule has 1 N–H and O–H groups in total. The third-order valence-corrected chi connectivity index (χ3v) is 3.96. The summed E-state index contributed by atoms with van der Waals surface area (Å²) in [6.07, 6.45) is 1.58. The first kappa shape index (κ1) is 17.5. The summed E-state index contributed by atoms with van der Waals surface area (Å²) in [6.45, 7) is 0.138. The molecule has 3 rings (SSSR count). The van der Waals surface area contributed by atoms with Gasteiger partial charge in [0.2, 0.25) is 5.91 Å². The van der Waals surface area contributed by atoms with Crippen molar-refractivity contribution >= 4 is 16.7 Å². The number of fused-ring (bicyclic) bond motifs is 1. The molecule has 0 aliphatic carbocycles. The number of nitrogens with zero attached hydrogens (tertiary/aromatic N) is 2. The van der Waals surface area contributed by atoms with E-state index in [0.29, 0.717) is 16.9 Å². The molecule has 0 unspecified atom stereocenters. The number of amides is 1. The maximum absolute atomic E-state index is 12.4. The van der Waals surface area contributed by atoms with E-state index in [4.69, 9.17) is 9.47 Å². The topological polar surface area (TPSA) is 82.5 Å². The minimum absolute atomic E-state index is 0.148. The Bertz CT molecular complexity index is 975. The number of carbonyl (C=O) groups excluding carboxylic acids is 1. The predicted molar refractivity (Wildman–Crippen MR) is 97.4 cm³/mol. The standard InChI is InChI=1S/C19H19N3O4/c1-25-15-7-13(8-16(9-15)26-2)10-20-18(23)12-22-19(24)17-6-4-3-5-14(17)11-21-22/h3-9,11H,10,12H2,1-2H3,(H,20,23). The van der Waals surface area contributed by atoms with Gasteiger partial charge in [0.25, 0.3) is 5.56 Å². The van der Waals surface area contributed by atoms with E-state index in [1.54, 1.807) is 38.6 Å². The van der Waals surface area contributed by atoms with Crippen LogP contribution >= 0.6 is 0 Å². The third kappa shape index (κ3) is 3.83. The molecule has 3 aromatic rings. The van der Waals surface area contributed by atoms with Gasteiger partial charge in [-0.05, 0) is 23.8 Å². The van der Waals surface area contributed by atoms with Crippen molar-refractivity contribution in [1.29, 1.82) is 0 Å². The van der Waals surface area contributed by atoms with Crippen LogP contribution in [0.3, 0.4) is 0 Å². The van der Waals surface area contributed by atoms with Gasteiger partial charge in [-0.15, -0.1) is 0 Å². The van der Waals surface area contributed by atoms with Crippen LogP contribution in [0.5, 0.6) is 11.5 Å². The second-order valence-electron chi connectivity index (χ2n) is 5.69. The fourth-order valence-electron chi connectivity index (χ4n) is 2.60. The van der Waals surface area contributed by atoms with Gasteiger partial charge in [0.05, 0.1) is 25.8 Å². The molecule has 1 aromatic heterocycles. The Balaban J connectivity index is 1.70. The Morgan fingerprint density at radius 2 is 1.81 bits per heavy atom. The second kappa shape index (κ2) is 7.69. The molecule has 7 heteroatoms. The summed E-state index contributed by atoms with van der Waals surface area (Å²) in [6, 6.07) is 12.5. The van der Waals surface area contributed by atoms with Crippen LogP contribution in [0.2, 0.25) is 0 Å². The molecule has 0 radical (unpaired) electrons. The fraction of sp³-hybridized carbons (Fsp3) is 0.211. The lowest BCUT2D eigenvalue weighted by Gasteiger charge is -2.10. The number of rotatable bonds is 6. The Labute approximate surface area is 150 Å². The summed E-state index contributed by atoms with van der Waals surface area (Å²) in [4.78, 5) is 24.6. The first-order chi connectivity index (χ1) is 12.6. The molecule has 0 aliphatic heterocycles. The largest absolute Gasteiger partial charge is 0.497 e. The summed E-state index contributed by atoms with van der Waals surface area (Å²) >= 11 is 0. The van der Waals surface area contributed by atoms with Crippen LogP contribution in [-0.4, -0.2) is 29.9 Å². The molecule has 0 bridgehead atoms. The van der Waals surface area contributed by atoms with Crippen molar-refractivity contribution in [3.63, 3.8) is 0 Å². The van der Waals surface area contributed by atoms with Crippen LogP contribution in [0.1, 0.15) is 5.56 Å². The maximum atomic E-state index is 12.4. The van der Waals surface area contributed by atoms with E-state index >= 15 is 0 Å². The highest BCUT2D eigenvalue weighted by Gasteiger charge is 2.09. The summed E-state index contributed by atoms with van der Waals surface area (Å²) < 4.78 is 11.6. The van der Waals surface area contributed by atoms with E-state index < -0.39 is 0 Å². The van der Waals surface area contributed by atoms with E-state index in [1.165, 1.54) is 0 Å². The summed E-state index contributed by atoms with van der Waals surface area (Å²) in [5.74, 6) is 0.971. The predicted octanol–water partition coefficient (Wildman–Crippen LogP) is 1.73. The summed E-state index contributed by atoms with van der Waals surface area (Å²) in [7, 11) is 3.13. The third-order valence-electron chi connectivity index (χ3n) is 3.96. The second-order valence-corrected chi connectivity index (χ2v) is 5.69. The van der Waals surface area contributed by atoms with Crippen molar-refractivity contribution in [2.45, 2.75) is 13.1 Å². The van der Waals surface area contributed by atoms with Crippen molar-refractivity contribution in [3.8, 4) is 11.5 Å². The normalized spacial score (nSPS) is 10.5. The molecular formula is C19H19N3O4. The Kier molecular flexibility index (Phi) is 5.17. The zero-order valence-electron chi connectivity index (χ0n) is 14.6. The van der Waals surface area contributed by atoms with Crippen LogP contribution in [0, 0.1) is 0 Å². The minimum atomic E-state index is -0.309. The maximum Gasteiger partial charge on any atom is 0.275 e. The molecule has 0 spiro atoms. The van der Waals surface area contributed by atoms with Gasteiger partial charge >= 0.3 is 0 Å². The van der Waals surface area contributed by atoms with Gasteiger partial charge in [0.15, 0.2) is 0 Å². The van der Waals surface area contributed by atoms with Crippen LogP contribution in [-0.2, 0) is 17.9 Å². The number of hydrogen-bond donors (Lipinski definition) is 1. The molecule has 1 amide bonds. The SMILES string of the molecule is COc1cc(CNC(=O)Cn2ncc3ccccc3c2=O)cc(OC)c1. The first-order valence-electron chi connectivity index (χ1n) is 8.04. The molecule has 1 heterocycles. The number of methoxy groups -OCH3 is 2. The monoisotopic (exact) mass is 353 g/mol. The van der Waals surface area contributed by atoms with Crippen LogP contribution < -0.4 is 20.3 Å². The van der Waals surface area contributed by atoms with Gasteiger partial charge in [-0.3, -0.25) is 9.59 Å². The van der Waals surface area contributed by atoms with Crippen molar-refractivity contribution in [3.05, 3.63) is 64.6 Å². The van der Waals surface area contributed by atoms with E-state index in [2.05, 4.69) is 10.4 Å². The summed E-state index contributed by atoms with van der Waals surface area (Å²) in [5, 5.41) is 8.12. The first-order valence-corrected chi connectivity index (χ1v) is 8.04. The Morgan fingerprint density at radius 1 is 1.12 bits per heavy atom. The molecule has 0 saturated heterocycles. The smallest absolute Gasteiger partial charge is 0.275 e. The van der Waals surface area contributed by atoms with Crippen LogP contribution in [0.25, 0.3) is 10.8 Å². The molecule has 0 fully saturated rings. The molecular weight excluding hydrogens is 334 g/mol. The molecule has 134 valence electrons. The lowest BCUT2D eigenvalue weighted by Crippen LogP contribution is -2.33. The number of hydrogen-bond acceptors (Lipinski definition) is 5.